The SMILES string of the molecule is Cc1ccc(-c2nc(NC(=O)CC(C)C)sc2CC(=O)O)cc1C. The summed E-state index contributed by atoms with van der Waals surface area (Å²) in [6.07, 6.45) is 0.298. The molecule has 0 unspecified atom stereocenters. The number of rotatable bonds is 6. The number of carbonyl (C=O) groups is 2. The molecule has 2 aromatic rings. The van der Waals surface area contributed by atoms with Gasteiger partial charge in [0.2, 0.25) is 5.91 Å². The molecule has 1 aromatic heterocycles. The predicted molar refractivity (Wildman–Crippen MR) is 96.4 cm³/mol. The maximum absolute atomic E-state index is 11.9. The van der Waals surface area contributed by atoms with Crippen LogP contribution in [-0.2, 0) is 16.0 Å². The highest BCUT2D eigenvalue weighted by Gasteiger charge is 2.17. The van der Waals surface area contributed by atoms with Crippen molar-refractivity contribution >= 4 is 28.3 Å². The quantitative estimate of drug-likeness (QED) is 0.827. The Morgan fingerprint density at radius 1 is 1.25 bits per heavy atom. The number of hydrogen-bond acceptors (Lipinski definition) is 4. The van der Waals surface area contributed by atoms with Gasteiger partial charge in [-0.3, -0.25) is 9.59 Å². The summed E-state index contributed by atoms with van der Waals surface area (Å²) in [7, 11) is 0. The van der Waals surface area contributed by atoms with Gasteiger partial charge >= 0.3 is 5.97 Å². The van der Waals surface area contributed by atoms with Crippen LogP contribution in [0.25, 0.3) is 11.3 Å². The average Bonchev–Trinajstić information content (AvgIpc) is 2.82. The summed E-state index contributed by atoms with van der Waals surface area (Å²) in [5.41, 5.74) is 3.78. The topological polar surface area (TPSA) is 79.3 Å². The summed E-state index contributed by atoms with van der Waals surface area (Å²) in [5, 5.41) is 12.4. The fraction of sp³-hybridized carbons (Fsp3) is 0.389. The van der Waals surface area contributed by atoms with E-state index in [4.69, 9.17) is 5.11 Å². The molecule has 24 heavy (non-hydrogen) atoms. The maximum Gasteiger partial charge on any atom is 0.308 e. The molecule has 5 nitrogen and oxygen atoms in total. The highest BCUT2D eigenvalue weighted by Crippen LogP contribution is 2.32. The summed E-state index contributed by atoms with van der Waals surface area (Å²) >= 11 is 1.22. The molecule has 0 aliphatic carbocycles. The lowest BCUT2D eigenvalue weighted by Crippen LogP contribution is -2.13. The molecular formula is C18H22N2O3S. The Morgan fingerprint density at radius 3 is 2.54 bits per heavy atom. The number of nitrogens with zero attached hydrogens (tertiary/aromatic N) is 1. The lowest BCUT2D eigenvalue weighted by atomic mass is 10.0. The van der Waals surface area contributed by atoms with Crippen LogP contribution in [-0.4, -0.2) is 22.0 Å². The van der Waals surface area contributed by atoms with Crippen molar-refractivity contribution in [2.24, 2.45) is 5.92 Å². The molecule has 128 valence electrons. The lowest BCUT2D eigenvalue weighted by Gasteiger charge is -2.05. The number of nitrogens with one attached hydrogen (secondary N) is 1. The number of aryl methyl sites for hydroxylation is 2. The first-order valence-electron chi connectivity index (χ1n) is 7.85. The Morgan fingerprint density at radius 2 is 1.96 bits per heavy atom. The largest absolute Gasteiger partial charge is 0.481 e. The Labute approximate surface area is 145 Å². The Bertz CT molecular complexity index is 766. The van der Waals surface area contributed by atoms with Crippen molar-refractivity contribution in [2.45, 2.75) is 40.5 Å². The molecule has 0 spiro atoms. The fourth-order valence-electron chi connectivity index (χ4n) is 2.32. The van der Waals surface area contributed by atoms with Gasteiger partial charge in [0.25, 0.3) is 0 Å². The minimum absolute atomic E-state index is 0.104. The van der Waals surface area contributed by atoms with E-state index in [0.717, 1.165) is 11.1 Å². The van der Waals surface area contributed by atoms with Gasteiger partial charge in [0.1, 0.15) is 0 Å². The molecule has 0 bridgehead atoms. The lowest BCUT2D eigenvalue weighted by molar-refractivity contribution is -0.136. The second-order valence-corrected chi connectivity index (χ2v) is 7.39. The summed E-state index contributed by atoms with van der Waals surface area (Å²) < 4.78 is 0. The number of aromatic nitrogens is 1. The van der Waals surface area contributed by atoms with Gasteiger partial charge < -0.3 is 10.4 Å². The fourth-order valence-corrected chi connectivity index (χ4v) is 3.31. The van der Waals surface area contributed by atoms with Crippen LogP contribution < -0.4 is 5.32 Å². The van der Waals surface area contributed by atoms with E-state index in [-0.39, 0.29) is 18.2 Å². The number of carbonyl (C=O) groups excluding carboxylic acids is 1. The van der Waals surface area contributed by atoms with Crippen molar-refractivity contribution in [3.63, 3.8) is 0 Å². The standard InChI is InChI=1S/C18H22N2O3S/c1-10(2)7-15(21)19-18-20-17(14(24-18)9-16(22)23)13-6-5-11(3)12(4)8-13/h5-6,8,10H,7,9H2,1-4H3,(H,22,23)(H,19,20,21). The maximum atomic E-state index is 11.9. The van der Waals surface area contributed by atoms with E-state index in [1.165, 1.54) is 16.9 Å². The molecule has 1 aromatic carbocycles. The third kappa shape index (κ3) is 4.64. The van der Waals surface area contributed by atoms with Crippen LogP contribution in [0.1, 0.15) is 36.3 Å². The summed E-state index contributed by atoms with van der Waals surface area (Å²) in [4.78, 5) is 28.2. The number of hydrogen-bond donors (Lipinski definition) is 2. The highest BCUT2D eigenvalue weighted by molar-refractivity contribution is 7.16. The van der Waals surface area contributed by atoms with Crippen LogP contribution >= 0.6 is 11.3 Å². The Hall–Kier alpha value is -2.21. The van der Waals surface area contributed by atoms with Crippen LogP contribution in [0.3, 0.4) is 0 Å². The molecule has 2 N–H and O–H groups in total. The van der Waals surface area contributed by atoms with Gasteiger partial charge in [-0.2, -0.15) is 0 Å². The number of benzene rings is 1. The zero-order valence-corrected chi connectivity index (χ0v) is 15.2. The zero-order valence-electron chi connectivity index (χ0n) is 14.3. The first-order chi connectivity index (χ1) is 11.3. The monoisotopic (exact) mass is 346 g/mol. The average molecular weight is 346 g/mol. The van der Waals surface area contributed by atoms with Crippen LogP contribution in [0.4, 0.5) is 5.13 Å². The third-order valence-electron chi connectivity index (χ3n) is 3.63. The van der Waals surface area contributed by atoms with E-state index in [9.17, 15) is 9.59 Å². The van der Waals surface area contributed by atoms with E-state index in [1.807, 2.05) is 45.9 Å². The molecule has 2 rings (SSSR count). The van der Waals surface area contributed by atoms with E-state index in [0.29, 0.717) is 22.1 Å². The summed E-state index contributed by atoms with van der Waals surface area (Å²) in [6, 6.07) is 5.92. The number of aliphatic carboxylic acids is 1. The smallest absolute Gasteiger partial charge is 0.308 e. The van der Waals surface area contributed by atoms with Crippen molar-refractivity contribution < 1.29 is 14.7 Å². The molecule has 0 saturated heterocycles. The summed E-state index contributed by atoms with van der Waals surface area (Å²) in [6.45, 7) is 7.97. The van der Waals surface area contributed by atoms with Crippen molar-refractivity contribution in [2.75, 3.05) is 5.32 Å². The zero-order chi connectivity index (χ0) is 17.9. The molecule has 0 radical (unpaired) electrons. The van der Waals surface area contributed by atoms with Crippen LogP contribution in [0.2, 0.25) is 0 Å². The molecule has 0 atom stereocenters. The normalized spacial score (nSPS) is 10.9. The molecule has 0 saturated carbocycles. The molecule has 0 aliphatic rings. The Balaban J connectivity index is 2.36. The van der Waals surface area contributed by atoms with E-state index in [1.54, 1.807) is 0 Å². The molecule has 0 fully saturated rings. The van der Waals surface area contributed by atoms with Crippen LogP contribution in [0.15, 0.2) is 18.2 Å². The van der Waals surface area contributed by atoms with Gasteiger partial charge in [0.05, 0.1) is 12.1 Å². The van der Waals surface area contributed by atoms with Crippen molar-refractivity contribution in [1.29, 1.82) is 0 Å². The van der Waals surface area contributed by atoms with E-state index in [2.05, 4.69) is 10.3 Å². The number of amides is 1. The van der Waals surface area contributed by atoms with Crippen molar-refractivity contribution in [3.8, 4) is 11.3 Å². The molecule has 0 aliphatic heterocycles. The van der Waals surface area contributed by atoms with E-state index >= 15 is 0 Å². The number of thiazole rings is 1. The first kappa shape index (κ1) is 18.1. The van der Waals surface area contributed by atoms with Gasteiger partial charge in [-0.25, -0.2) is 4.98 Å². The minimum atomic E-state index is -0.913. The second-order valence-electron chi connectivity index (χ2n) is 6.31. The van der Waals surface area contributed by atoms with E-state index < -0.39 is 5.97 Å². The molecule has 6 heteroatoms. The van der Waals surface area contributed by atoms with Gasteiger partial charge in [-0.1, -0.05) is 26.0 Å². The predicted octanol–water partition coefficient (Wildman–Crippen LogP) is 4.04. The number of anilines is 1. The van der Waals surface area contributed by atoms with Gasteiger partial charge in [-0.15, -0.1) is 11.3 Å². The van der Waals surface area contributed by atoms with Crippen molar-refractivity contribution in [3.05, 3.63) is 34.2 Å². The van der Waals surface area contributed by atoms with Gasteiger partial charge in [0.15, 0.2) is 5.13 Å². The van der Waals surface area contributed by atoms with Crippen LogP contribution in [0.5, 0.6) is 0 Å². The Kier molecular flexibility index (Phi) is 5.72. The highest BCUT2D eigenvalue weighted by atomic mass is 32.1. The van der Waals surface area contributed by atoms with Crippen molar-refractivity contribution in [1.82, 2.24) is 4.98 Å². The third-order valence-corrected chi connectivity index (χ3v) is 4.60. The van der Waals surface area contributed by atoms with Crippen LogP contribution in [0, 0.1) is 19.8 Å². The number of carboxylic acid groups (broad SMARTS) is 1. The first-order valence-corrected chi connectivity index (χ1v) is 8.67. The summed E-state index contributed by atoms with van der Waals surface area (Å²) in [5.74, 6) is -0.765. The van der Waals surface area contributed by atoms with Gasteiger partial charge in [-0.05, 0) is 37.0 Å². The second kappa shape index (κ2) is 7.57. The molecule has 1 amide bonds. The van der Waals surface area contributed by atoms with Gasteiger partial charge in [0, 0.05) is 16.9 Å². The molecule has 1 heterocycles. The minimum Gasteiger partial charge on any atom is -0.481 e. The molecular weight excluding hydrogens is 324 g/mol. The number of carboxylic acids is 1.